The molecule has 2 saturated heterocycles. The number of nitrogens with one attached hydrogen (secondary N) is 3. The van der Waals surface area contributed by atoms with Crippen LogP contribution in [0, 0.1) is 0 Å². The van der Waals surface area contributed by atoms with Crippen LogP contribution in [0.15, 0.2) is 67.0 Å². The molecule has 2 aromatic carbocycles. The molecule has 5 aromatic rings. The van der Waals surface area contributed by atoms with E-state index in [0.29, 0.717) is 12.2 Å². The van der Waals surface area contributed by atoms with E-state index < -0.39 is 16.7 Å². The number of amides is 1. The molecule has 0 saturated carbocycles. The van der Waals surface area contributed by atoms with Crippen LogP contribution in [0.2, 0.25) is 0 Å². The Labute approximate surface area is 305 Å². The molecule has 11 heteroatoms. The van der Waals surface area contributed by atoms with Crippen LogP contribution in [0.1, 0.15) is 98.8 Å². The largest absolute Gasteiger partial charge is 0.458 e. The molecule has 11 nitrogen and oxygen atoms in total. The standard InChI is InChI=1S/C41H49N7O4/c1-24-19-20-41(47-24,37(49)51-39(3,4)5)36-43-23-33(46-36)31-17-15-29-21-28(14-16-30(29)44-31)26-10-12-27(13-11-26)32-22-42-35(45-32)34-18-9-25(2)48(34)38(50)52-40(6,7)8/h10-17,21-25,34,47H,9,18-20H2,1-8H3,(H,42,45)(H,43,46)/t24-,25-,34-,41-/m0/s1. The third-order valence-electron chi connectivity index (χ3n) is 9.85. The third kappa shape index (κ3) is 7.06. The second-order valence-corrected chi connectivity index (χ2v) is 16.3. The lowest BCUT2D eigenvalue weighted by atomic mass is 9.96. The average molecular weight is 704 g/mol. The summed E-state index contributed by atoms with van der Waals surface area (Å²) >= 11 is 0. The Morgan fingerprint density at radius 1 is 0.788 bits per heavy atom. The predicted octanol–water partition coefficient (Wildman–Crippen LogP) is 8.45. The highest BCUT2D eigenvalue weighted by atomic mass is 16.6. The van der Waals surface area contributed by atoms with E-state index in [9.17, 15) is 9.59 Å². The van der Waals surface area contributed by atoms with Crippen molar-refractivity contribution in [3.63, 3.8) is 0 Å². The Morgan fingerprint density at radius 3 is 2.17 bits per heavy atom. The summed E-state index contributed by atoms with van der Waals surface area (Å²) in [6.45, 7) is 15.4. The highest BCUT2D eigenvalue weighted by Crippen LogP contribution is 2.38. The van der Waals surface area contributed by atoms with Crippen molar-refractivity contribution in [2.24, 2.45) is 0 Å². The van der Waals surface area contributed by atoms with Crippen LogP contribution in [-0.4, -0.2) is 65.2 Å². The quantitative estimate of drug-likeness (QED) is 0.150. The maximum absolute atomic E-state index is 13.4. The van der Waals surface area contributed by atoms with Crippen molar-refractivity contribution in [3.8, 4) is 33.8 Å². The number of hydrogen-bond donors (Lipinski definition) is 3. The number of imidazole rings is 2. The number of ether oxygens (including phenoxy) is 2. The minimum absolute atomic E-state index is 0.0799. The van der Waals surface area contributed by atoms with Gasteiger partial charge >= 0.3 is 12.1 Å². The van der Waals surface area contributed by atoms with Crippen LogP contribution < -0.4 is 5.32 Å². The Balaban J connectivity index is 1.07. The molecule has 3 aromatic heterocycles. The molecule has 5 heterocycles. The molecule has 2 fully saturated rings. The number of carbonyl (C=O) groups excluding carboxylic acids is 2. The average Bonchev–Trinajstić information content (AvgIpc) is 3.89. The van der Waals surface area contributed by atoms with Gasteiger partial charge < -0.3 is 19.4 Å². The molecule has 0 bridgehead atoms. The van der Waals surface area contributed by atoms with Gasteiger partial charge in [0, 0.05) is 17.5 Å². The third-order valence-corrected chi connectivity index (χ3v) is 9.85. The van der Waals surface area contributed by atoms with Crippen molar-refractivity contribution in [3.05, 3.63) is 78.6 Å². The van der Waals surface area contributed by atoms with E-state index in [2.05, 4.69) is 81.6 Å². The van der Waals surface area contributed by atoms with Crippen molar-refractivity contribution in [1.29, 1.82) is 0 Å². The summed E-state index contributed by atoms with van der Waals surface area (Å²) in [6, 6.07) is 18.8. The smallest absolute Gasteiger partial charge is 0.411 e. The minimum atomic E-state index is -1.02. The number of esters is 1. The number of fused-ring (bicyclic) bond motifs is 1. The van der Waals surface area contributed by atoms with E-state index in [1.54, 1.807) is 6.20 Å². The molecule has 4 atom stereocenters. The van der Waals surface area contributed by atoms with Crippen molar-refractivity contribution in [2.45, 2.75) is 116 Å². The predicted molar refractivity (Wildman–Crippen MR) is 201 cm³/mol. The van der Waals surface area contributed by atoms with E-state index in [1.165, 1.54) is 0 Å². The second kappa shape index (κ2) is 13.2. The SMILES string of the molecule is C[C@H]1CC[C@@](C(=O)OC(C)(C)C)(c2ncc(-c3ccc4cc(-c5ccc(-c6cnc([C@@H]7CC[C@H](C)N7C(=O)OC(C)(C)C)[nH]6)cc5)ccc4n3)[nH]2)N1. The molecule has 0 aliphatic carbocycles. The van der Waals surface area contributed by atoms with E-state index >= 15 is 0 Å². The Kier molecular flexibility index (Phi) is 8.97. The molecule has 7 rings (SSSR count). The lowest BCUT2D eigenvalue weighted by molar-refractivity contribution is -0.163. The first-order valence-corrected chi connectivity index (χ1v) is 18.2. The van der Waals surface area contributed by atoms with Crippen molar-refractivity contribution in [2.75, 3.05) is 0 Å². The molecule has 0 spiro atoms. The molecule has 2 aliphatic rings. The normalized spacial score (nSPS) is 22.2. The summed E-state index contributed by atoms with van der Waals surface area (Å²) in [4.78, 5) is 49.4. The summed E-state index contributed by atoms with van der Waals surface area (Å²) in [7, 11) is 0. The number of benzene rings is 2. The van der Waals surface area contributed by atoms with E-state index in [0.717, 1.165) is 69.8 Å². The number of H-pyrrole nitrogens is 2. The highest BCUT2D eigenvalue weighted by Gasteiger charge is 2.50. The molecule has 2 aliphatic heterocycles. The van der Waals surface area contributed by atoms with Crippen molar-refractivity contribution in [1.82, 2.24) is 35.1 Å². The number of aromatic amines is 2. The Bertz CT molecular complexity index is 2110. The van der Waals surface area contributed by atoms with Gasteiger partial charge in [0.05, 0.1) is 41.0 Å². The van der Waals surface area contributed by atoms with Gasteiger partial charge in [-0.15, -0.1) is 0 Å². The van der Waals surface area contributed by atoms with Gasteiger partial charge in [-0.25, -0.2) is 24.5 Å². The topological polar surface area (TPSA) is 138 Å². The van der Waals surface area contributed by atoms with Crippen molar-refractivity contribution >= 4 is 23.0 Å². The first-order chi connectivity index (χ1) is 24.6. The van der Waals surface area contributed by atoms with Crippen LogP contribution in [0.5, 0.6) is 0 Å². The van der Waals surface area contributed by atoms with Gasteiger partial charge in [0.25, 0.3) is 0 Å². The number of likely N-dealkylation sites (tertiary alicyclic amines) is 1. The van der Waals surface area contributed by atoms with Gasteiger partial charge in [-0.2, -0.15) is 0 Å². The number of nitrogens with zero attached hydrogens (tertiary/aromatic N) is 4. The first kappa shape index (κ1) is 35.4. The zero-order valence-electron chi connectivity index (χ0n) is 31.3. The van der Waals surface area contributed by atoms with E-state index in [-0.39, 0.29) is 30.2 Å². The summed E-state index contributed by atoms with van der Waals surface area (Å²) < 4.78 is 11.5. The fourth-order valence-corrected chi connectivity index (χ4v) is 7.30. The van der Waals surface area contributed by atoms with Gasteiger partial charge in [0.2, 0.25) is 0 Å². The Morgan fingerprint density at radius 2 is 1.48 bits per heavy atom. The molecular weight excluding hydrogens is 654 g/mol. The Hall–Kier alpha value is -5.03. The first-order valence-electron chi connectivity index (χ1n) is 18.2. The maximum Gasteiger partial charge on any atom is 0.411 e. The molecule has 272 valence electrons. The molecule has 52 heavy (non-hydrogen) atoms. The van der Waals surface area contributed by atoms with Gasteiger partial charge in [0.15, 0.2) is 5.54 Å². The van der Waals surface area contributed by atoms with Gasteiger partial charge in [0.1, 0.15) is 22.9 Å². The number of pyridine rings is 1. The van der Waals surface area contributed by atoms with Gasteiger partial charge in [-0.1, -0.05) is 36.4 Å². The minimum Gasteiger partial charge on any atom is -0.458 e. The molecular formula is C41H49N7O4. The number of rotatable bonds is 6. The van der Waals surface area contributed by atoms with E-state index in [1.807, 2.05) is 64.8 Å². The van der Waals surface area contributed by atoms with Crippen molar-refractivity contribution < 1.29 is 19.1 Å². The van der Waals surface area contributed by atoms with Crippen LogP contribution >= 0.6 is 0 Å². The van der Waals surface area contributed by atoms with Gasteiger partial charge in [-0.05, 0) is 116 Å². The summed E-state index contributed by atoms with van der Waals surface area (Å²) in [5.41, 5.74) is 4.22. The summed E-state index contributed by atoms with van der Waals surface area (Å²) in [5.74, 6) is 0.996. The summed E-state index contributed by atoms with van der Waals surface area (Å²) in [5, 5.41) is 4.46. The molecule has 3 N–H and O–H groups in total. The van der Waals surface area contributed by atoms with Crippen LogP contribution in [0.3, 0.4) is 0 Å². The van der Waals surface area contributed by atoms with Crippen LogP contribution in [-0.2, 0) is 19.8 Å². The molecule has 1 amide bonds. The number of aromatic nitrogens is 5. The van der Waals surface area contributed by atoms with E-state index in [4.69, 9.17) is 14.5 Å². The zero-order chi connectivity index (χ0) is 37.0. The monoisotopic (exact) mass is 703 g/mol. The lowest BCUT2D eigenvalue weighted by Crippen LogP contribution is -2.50. The fourth-order valence-electron chi connectivity index (χ4n) is 7.30. The number of hydrogen-bond acceptors (Lipinski definition) is 8. The molecule has 0 unspecified atom stereocenters. The maximum atomic E-state index is 13.4. The number of carbonyl (C=O) groups is 2. The van der Waals surface area contributed by atoms with Crippen LogP contribution in [0.25, 0.3) is 44.7 Å². The highest BCUT2D eigenvalue weighted by molar-refractivity contribution is 5.87. The summed E-state index contributed by atoms with van der Waals surface area (Å²) in [6.07, 6.45) is 6.45. The van der Waals surface area contributed by atoms with Crippen LogP contribution in [0.4, 0.5) is 4.79 Å². The lowest BCUT2D eigenvalue weighted by Gasteiger charge is -2.30. The zero-order valence-corrected chi connectivity index (χ0v) is 31.3. The second-order valence-electron chi connectivity index (χ2n) is 16.3. The van der Waals surface area contributed by atoms with Gasteiger partial charge in [-0.3, -0.25) is 10.2 Å². The fraction of sp³-hybridized carbons (Fsp3) is 0.439. The molecule has 0 radical (unpaired) electrons.